The van der Waals surface area contributed by atoms with Crippen molar-refractivity contribution < 1.29 is 0 Å². The largest absolute Gasteiger partial charge is 0.330 e. The molecule has 0 radical (unpaired) electrons. The van der Waals surface area contributed by atoms with Crippen LogP contribution in [0.15, 0.2) is 0 Å². The van der Waals surface area contributed by atoms with Gasteiger partial charge in [-0.25, -0.2) is 0 Å². The normalized spacial score (nSPS) is 12.0. The predicted octanol–water partition coefficient (Wildman–Crippen LogP) is 0.0725. The van der Waals surface area contributed by atoms with Gasteiger partial charge in [-0.2, -0.15) is 0 Å². The Morgan fingerprint density at radius 2 is 1.86 bits per heavy atom. The lowest BCUT2D eigenvalue weighted by Crippen LogP contribution is -2.34. The molecule has 0 fully saturated rings. The SMILES string of the molecule is CC(C)(N)CCN. The van der Waals surface area contributed by atoms with Crippen LogP contribution in [0, 0.1) is 0 Å². The third-order valence-corrected chi connectivity index (χ3v) is 0.789. The molecule has 0 atom stereocenters. The molecule has 0 aliphatic rings. The molecular weight excluding hydrogens is 88.1 g/mol. The van der Waals surface area contributed by atoms with E-state index >= 15 is 0 Å². The quantitative estimate of drug-likeness (QED) is 0.518. The van der Waals surface area contributed by atoms with Crippen LogP contribution >= 0.6 is 0 Å². The molecule has 0 aromatic carbocycles. The van der Waals surface area contributed by atoms with Crippen molar-refractivity contribution in [2.45, 2.75) is 25.8 Å². The van der Waals surface area contributed by atoms with Gasteiger partial charge in [-0.05, 0) is 26.8 Å². The summed E-state index contributed by atoms with van der Waals surface area (Å²) in [6, 6.07) is 0. The van der Waals surface area contributed by atoms with Gasteiger partial charge in [0, 0.05) is 5.54 Å². The number of nitrogens with two attached hydrogens (primary N) is 2. The fourth-order valence-electron chi connectivity index (χ4n) is 0.372. The molecule has 0 amide bonds. The summed E-state index contributed by atoms with van der Waals surface area (Å²) >= 11 is 0. The van der Waals surface area contributed by atoms with E-state index in [1.807, 2.05) is 13.8 Å². The molecule has 44 valence electrons. The first kappa shape index (κ1) is 6.92. The summed E-state index contributed by atoms with van der Waals surface area (Å²) < 4.78 is 0. The Morgan fingerprint density at radius 3 is 1.86 bits per heavy atom. The molecule has 0 rings (SSSR count). The van der Waals surface area contributed by atoms with E-state index in [0.717, 1.165) is 6.42 Å². The van der Waals surface area contributed by atoms with Gasteiger partial charge >= 0.3 is 0 Å². The maximum atomic E-state index is 5.57. The van der Waals surface area contributed by atoms with E-state index in [0.29, 0.717) is 6.54 Å². The predicted molar refractivity (Wildman–Crippen MR) is 31.9 cm³/mol. The molecule has 0 aliphatic heterocycles. The van der Waals surface area contributed by atoms with E-state index in [1.165, 1.54) is 0 Å². The summed E-state index contributed by atoms with van der Waals surface area (Å²) in [5.74, 6) is 0. The molecule has 0 saturated carbocycles. The highest BCUT2D eigenvalue weighted by atomic mass is 14.7. The Hall–Kier alpha value is -0.0800. The summed E-state index contributed by atoms with van der Waals surface area (Å²) in [5, 5.41) is 0. The van der Waals surface area contributed by atoms with E-state index in [9.17, 15) is 0 Å². The third kappa shape index (κ3) is 5.92. The first-order valence-corrected chi connectivity index (χ1v) is 2.55. The molecule has 2 heteroatoms. The standard InChI is InChI=1S/C5H14N2/c1-5(2,7)3-4-6/h3-4,6-7H2,1-2H3. The van der Waals surface area contributed by atoms with Gasteiger partial charge in [-0.1, -0.05) is 0 Å². The molecule has 0 spiro atoms. The van der Waals surface area contributed by atoms with E-state index in [1.54, 1.807) is 0 Å². The first-order valence-electron chi connectivity index (χ1n) is 2.55. The smallest absolute Gasteiger partial charge is 0.0109 e. The van der Waals surface area contributed by atoms with Crippen molar-refractivity contribution in [1.82, 2.24) is 0 Å². The van der Waals surface area contributed by atoms with Gasteiger partial charge in [0.25, 0.3) is 0 Å². The topological polar surface area (TPSA) is 52.0 Å². The number of hydrogen-bond donors (Lipinski definition) is 2. The van der Waals surface area contributed by atoms with Gasteiger partial charge in [-0.15, -0.1) is 0 Å². The molecule has 0 aliphatic carbocycles. The van der Waals surface area contributed by atoms with Crippen LogP contribution in [-0.4, -0.2) is 12.1 Å². The lowest BCUT2D eigenvalue weighted by atomic mass is 10.0. The van der Waals surface area contributed by atoms with Crippen LogP contribution in [0.1, 0.15) is 20.3 Å². The Morgan fingerprint density at radius 1 is 1.43 bits per heavy atom. The lowest BCUT2D eigenvalue weighted by Gasteiger charge is -2.15. The highest BCUT2D eigenvalue weighted by molar-refractivity contribution is 4.70. The summed E-state index contributed by atoms with van der Waals surface area (Å²) in [4.78, 5) is 0. The number of hydrogen-bond acceptors (Lipinski definition) is 2. The van der Waals surface area contributed by atoms with Crippen molar-refractivity contribution in [2.24, 2.45) is 11.5 Å². The highest BCUT2D eigenvalue weighted by Gasteiger charge is 2.06. The molecule has 0 aromatic heterocycles. The van der Waals surface area contributed by atoms with E-state index in [2.05, 4.69) is 0 Å². The zero-order valence-electron chi connectivity index (χ0n) is 5.07. The van der Waals surface area contributed by atoms with Crippen LogP contribution in [0.5, 0.6) is 0 Å². The Balaban J connectivity index is 3.15. The lowest BCUT2D eigenvalue weighted by molar-refractivity contribution is 0.484. The van der Waals surface area contributed by atoms with Crippen LogP contribution in [0.2, 0.25) is 0 Å². The monoisotopic (exact) mass is 102 g/mol. The molecule has 4 N–H and O–H groups in total. The highest BCUT2D eigenvalue weighted by Crippen LogP contribution is 1.99. The van der Waals surface area contributed by atoms with E-state index in [4.69, 9.17) is 11.5 Å². The van der Waals surface area contributed by atoms with Crippen LogP contribution in [0.4, 0.5) is 0 Å². The van der Waals surface area contributed by atoms with Gasteiger partial charge in [0.2, 0.25) is 0 Å². The summed E-state index contributed by atoms with van der Waals surface area (Å²) in [7, 11) is 0. The number of rotatable bonds is 2. The van der Waals surface area contributed by atoms with Crippen molar-refractivity contribution >= 4 is 0 Å². The van der Waals surface area contributed by atoms with Crippen molar-refractivity contribution in [3.8, 4) is 0 Å². The third-order valence-electron chi connectivity index (χ3n) is 0.789. The van der Waals surface area contributed by atoms with E-state index in [-0.39, 0.29) is 5.54 Å². The summed E-state index contributed by atoms with van der Waals surface area (Å²) in [5.41, 5.74) is 10.7. The zero-order valence-corrected chi connectivity index (χ0v) is 5.07. The average Bonchev–Trinajstić information content (AvgIpc) is 1.30. The molecule has 0 bridgehead atoms. The minimum atomic E-state index is -0.0747. The van der Waals surface area contributed by atoms with Crippen LogP contribution in [0.25, 0.3) is 0 Å². The Bertz CT molecular complexity index is 44.5. The molecule has 2 nitrogen and oxygen atoms in total. The maximum Gasteiger partial charge on any atom is 0.0109 e. The van der Waals surface area contributed by atoms with Crippen molar-refractivity contribution in [1.29, 1.82) is 0 Å². The van der Waals surface area contributed by atoms with Gasteiger partial charge < -0.3 is 11.5 Å². The first-order chi connectivity index (χ1) is 3.06. The maximum absolute atomic E-state index is 5.57. The van der Waals surface area contributed by atoms with Crippen LogP contribution in [0.3, 0.4) is 0 Å². The average molecular weight is 102 g/mol. The van der Waals surface area contributed by atoms with Crippen LogP contribution < -0.4 is 11.5 Å². The van der Waals surface area contributed by atoms with Crippen LogP contribution in [-0.2, 0) is 0 Å². The van der Waals surface area contributed by atoms with Crippen molar-refractivity contribution in [2.75, 3.05) is 6.54 Å². The molecule has 0 unspecified atom stereocenters. The second-order valence-electron chi connectivity index (χ2n) is 2.53. The molecule has 0 heterocycles. The fraction of sp³-hybridized carbons (Fsp3) is 1.00. The van der Waals surface area contributed by atoms with Crippen molar-refractivity contribution in [3.05, 3.63) is 0 Å². The van der Waals surface area contributed by atoms with E-state index < -0.39 is 0 Å². The molecular formula is C5H14N2. The zero-order chi connectivity index (χ0) is 5.91. The second-order valence-corrected chi connectivity index (χ2v) is 2.53. The minimum absolute atomic E-state index is 0.0747. The molecule has 7 heavy (non-hydrogen) atoms. The second kappa shape index (κ2) is 2.28. The Kier molecular flexibility index (Phi) is 2.26. The molecule has 0 saturated heterocycles. The van der Waals surface area contributed by atoms with Gasteiger partial charge in [0.15, 0.2) is 0 Å². The van der Waals surface area contributed by atoms with Gasteiger partial charge in [0.1, 0.15) is 0 Å². The fourth-order valence-corrected chi connectivity index (χ4v) is 0.372. The summed E-state index contributed by atoms with van der Waals surface area (Å²) in [6.07, 6.45) is 0.896. The Labute approximate surface area is 44.9 Å². The minimum Gasteiger partial charge on any atom is -0.330 e. The van der Waals surface area contributed by atoms with Crippen molar-refractivity contribution in [3.63, 3.8) is 0 Å². The summed E-state index contributed by atoms with van der Waals surface area (Å²) in [6.45, 7) is 4.63. The van der Waals surface area contributed by atoms with Gasteiger partial charge in [0.05, 0.1) is 0 Å². The van der Waals surface area contributed by atoms with Gasteiger partial charge in [-0.3, -0.25) is 0 Å². The molecule has 0 aromatic rings.